The molecule has 3 amide bonds. The Hall–Kier alpha value is -2.11. The zero-order valence-electron chi connectivity index (χ0n) is 14.7. The fourth-order valence-electron chi connectivity index (χ4n) is 4.06. The molecule has 2 saturated carbocycles. The second kappa shape index (κ2) is 6.65. The Morgan fingerprint density at radius 3 is 2.60 bits per heavy atom. The Labute approximate surface area is 148 Å². The molecule has 1 aromatic rings. The highest BCUT2D eigenvalue weighted by molar-refractivity contribution is 5.99. The lowest BCUT2D eigenvalue weighted by atomic mass is 10.0. The van der Waals surface area contributed by atoms with Crippen molar-refractivity contribution >= 4 is 17.6 Å². The predicted octanol–water partition coefficient (Wildman–Crippen LogP) is 2.41. The fourth-order valence-corrected chi connectivity index (χ4v) is 4.06. The van der Waals surface area contributed by atoms with Crippen LogP contribution in [0.5, 0.6) is 0 Å². The van der Waals surface area contributed by atoms with Gasteiger partial charge in [0.05, 0.1) is 11.9 Å². The van der Waals surface area contributed by atoms with Crippen LogP contribution in [-0.4, -0.2) is 47.5 Å². The van der Waals surface area contributed by atoms with Crippen LogP contribution in [0.25, 0.3) is 0 Å². The highest BCUT2D eigenvalue weighted by Gasteiger charge is 2.45. The van der Waals surface area contributed by atoms with Crippen LogP contribution in [0.3, 0.4) is 0 Å². The first-order chi connectivity index (χ1) is 12.1. The van der Waals surface area contributed by atoms with Gasteiger partial charge in [-0.05, 0) is 62.5 Å². The van der Waals surface area contributed by atoms with Crippen LogP contribution in [0.4, 0.5) is 10.5 Å². The summed E-state index contributed by atoms with van der Waals surface area (Å²) in [6.07, 6.45) is 9.90. The van der Waals surface area contributed by atoms with Gasteiger partial charge >= 0.3 is 6.03 Å². The number of amides is 3. The van der Waals surface area contributed by atoms with E-state index < -0.39 is 6.04 Å². The molecule has 2 aliphatic carbocycles. The summed E-state index contributed by atoms with van der Waals surface area (Å²) in [6, 6.07) is 3.53. The van der Waals surface area contributed by atoms with Crippen LogP contribution in [0.1, 0.15) is 38.5 Å². The van der Waals surface area contributed by atoms with Crippen LogP contribution in [0.2, 0.25) is 0 Å². The number of piperidine rings is 1. The number of hydrogen-bond acceptors (Lipinski definition) is 3. The molecule has 3 fully saturated rings. The Morgan fingerprint density at radius 1 is 1.28 bits per heavy atom. The molecule has 6 nitrogen and oxygen atoms in total. The van der Waals surface area contributed by atoms with Crippen LogP contribution in [-0.2, 0) is 4.79 Å². The lowest BCUT2D eigenvalue weighted by Crippen LogP contribution is -2.56. The van der Waals surface area contributed by atoms with E-state index in [1.807, 2.05) is 24.1 Å². The Bertz CT molecular complexity index is 630. The third-order valence-corrected chi connectivity index (χ3v) is 5.67. The van der Waals surface area contributed by atoms with E-state index >= 15 is 0 Å². The second-order valence-electron chi connectivity index (χ2n) is 7.62. The minimum absolute atomic E-state index is 0.0320. The van der Waals surface area contributed by atoms with Gasteiger partial charge in [0.15, 0.2) is 0 Å². The molecule has 2 heterocycles. The molecular weight excluding hydrogens is 316 g/mol. The molecule has 1 atom stereocenters. The number of anilines is 1. The fraction of sp³-hybridized carbons (Fsp3) is 0.632. The maximum absolute atomic E-state index is 12.8. The highest BCUT2D eigenvalue weighted by atomic mass is 16.2. The number of hydrogen-bond donors (Lipinski definition) is 1. The van der Waals surface area contributed by atoms with Crippen molar-refractivity contribution in [3.8, 4) is 0 Å². The summed E-state index contributed by atoms with van der Waals surface area (Å²) >= 11 is 0. The largest absolute Gasteiger partial charge is 0.326 e. The molecule has 1 aliphatic heterocycles. The molecule has 0 bridgehead atoms. The maximum Gasteiger partial charge on any atom is 0.318 e. The molecule has 0 radical (unpaired) electrons. The van der Waals surface area contributed by atoms with Gasteiger partial charge < -0.3 is 15.1 Å². The third-order valence-electron chi connectivity index (χ3n) is 5.67. The minimum atomic E-state index is -0.442. The van der Waals surface area contributed by atoms with E-state index in [0.29, 0.717) is 30.8 Å². The zero-order valence-corrected chi connectivity index (χ0v) is 14.7. The van der Waals surface area contributed by atoms with E-state index in [1.165, 1.54) is 25.7 Å². The summed E-state index contributed by atoms with van der Waals surface area (Å²) in [5, 5.41) is 2.99. The van der Waals surface area contributed by atoms with Gasteiger partial charge in [0.2, 0.25) is 5.91 Å². The third kappa shape index (κ3) is 3.48. The highest BCUT2D eigenvalue weighted by Crippen LogP contribution is 2.46. The summed E-state index contributed by atoms with van der Waals surface area (Å²) < 4.78 is 0. The number of nitrogens with one attached hydrogen (secondary N) is 1. The van der Waals surface area contributed by atoms with Crippen molar-refractivity contribution in [3.63, 3.8) is 0 Å². The van der Waals surface area contributed by atoms with Crippen molar-refractivity contribution in [3.05, 3.63) is 24.5 Å². The molecule has 3 aliphatic rings. The van der Waals surface area contributed by atoms with Gasteiger partial charge in [0.25, 0.3) is 0 Å². The smallest absolute Gasteiger partial charge is 0.318 e. The molecule has 1 unspecified atom stereocenters. The molecule has 1 saturated heterocycles. The summed E-state index contributed by atoms with van der Waals surface area (Å²) in [7, 11) is 1.89. The molecule has 1 aromatic heterocycles. The number of aromatic nitrogens is 1. The topological polar surface area (TPSA) is 65.5 Å². The molecule has 4 rings (SSSR count). The number of rotatable bonds is 5. The minimum Gasteiger partial charge on any atom is -0.326 e. The zero-order chi connectivity index (χ0) is 17.4. The number of carbonyl (C=O) groups excluding carboxylic acids is 2. The van der Waals surface area contributed by atoms with Crippen molar-refractivity contribution in [2.24, 2.45) is 11.8 Å². The SMILES string of the molecule is CN(C(=O)NC1CCCN(c2cccnc2)C1=O)C(C1CC1)C1CC1. The number of urea groups is 1. The van der Waals surface area contributed by atoms with Gasteiger partial charge in [-0.25, -0.2) is 4.79 Å². The molecule has 6 heteroatoms. The summed E-state index contributed by atoms with van der Waals surface area (Å²) in [5.41, 5.74) is 0.800. The van der Waals surface area contributed by atoms with Gasteiger partial charge in [0, 0.05) is 25.8 Å². The van der Waals surface area contributed by atoms with Crippen molar-refractivity contribution < 1.29 is 9.59 Å². The van der Waals surface area contributed by atoms with E-state index in [4.69, 9.17) is 0 Å². The van der Waals surface area contributed by atoms with Crippen LogP contribution < -0.4 is 10.2 Å². The van der Waals surface area contributed by atoms with Crippen molar-refractivity contribution in [1.29, 1.82) is 0 Å². The average molecular weight is 342 g/mol. The summed E-state index contributed by atoms with van der Waals surface area (Å²) in [5.74, 6) is 1.30. The van der Waals surface area contributed by atoms with E-state index in [1.54, 1.807) is 17.3 Å². The standard InChI is InChI=1S/C19H26N4O2/c1-22(17(13-6-7-13)14-8-9-14)19(25)21-16-5-3-11-23(18(16)24)15-4-2-10-20-12-15/h2,4,10,12-14,16-17H,3,5-9,11H2,1H3,(H,21,25). The second-order valence-corrected chi connectivity index (χ2v) is 7.62. The van der Waals surface area contributed by atoms with E-state index in [9.17, 15) is 9.59 Å². The van der Waals surface area contributed by atoms with E-state index in [-0.39, 0.29) is 11.9 Å². The van der Waals surface area contributed by atoms with E-state index in [0.717, 1.165) is 12.1 Å². The first kappa shape index (κ1) is 16.4. The first-order valence-electron chi connectivity index (χ1n) is 9.40. The van der Waals surface area contributed by atoms with Gasteiger partial charge in [0.1, 0.15) is 6.04 Å². The van der Waals surface area contributed by atoms with Gasteiger partial charge in [-0.3, -0.25) is 9.78 Å². The van der Waals surface area contributed by atoms with Crippen molar-refractivity contribution in [2.45, 2.75) is 50.6 Å². The van der Waals surface area contributed by atoms with Crippen LogP contribution in [0, 0.1) is 11.8 Å². The molecule has 0 spiro atoms. The summed E-state index contributed by atoms with van der Waals surface area (Å²) in [4.78, 5) is 33.2. The Morgan fingerprint density at radius 2 is 2.00 bits per heavy atom. The van der Waals surface area contributed by atoms with Crippen molar-refractivity contribution in [1.82, 2.24) is 15.2 Å². The normalized spacial score (nSPS) is 23.7. The lowest BCUT2D eigenvalue weighted by molar-refractivity contribution is -0.121. The summed E-state index contributed by atoms with van der Waals surface area (Å²) in [6.45, 7) is 0.680. The maximum atomic E-state index is 12.8. The van der Waals surface area contributed by atoms with Gasteiger partial charge in [-0.15, -0.1) is 0 Å². The molecule has 0 aromatic carbocycles. The number of carbonyl (C=O) groups is 2. The predicted molar refractivity (Wildman–Crippen MR) is 95.1 cm³/mol. The van der Waals surface area contributed by atoms with Gasteiger partial charge in [-0.1, -0.05) is 0 Å². The monoisotopic (exact) mass is 342 g/mol. The molecule has 1 N–H and O–H groups in total. The Kier molecular flexibility index (Phi) is 4.36. The number of nitrogens with zero attached hydrogens (tertiary/aromatic N) is 3. The van der Waals surface area contributed by atoms with E-state index in [2.05, 4.69) is 10.3 Å². The number of pyridine rings is 1. The first-order valence-corrected chi connectivity index (χ1v) is 9.40. The van der Waals surface area contributed by atoms with Crippen LogP contribution in [0.15, 0.2) is 24.5 Å². The average Bonchev–Trinajstić information content (AvgIpc) is 3.52. The molecular formula is C19H26N4O2. The quantitative estimate of drug-likeness (QED) is 0.894. The molecule has 134 valence electrons. The lowest BCUT2D eigenvalue weighted by Gasteiger charge is -2.35. The Balaban J connectivity index is 1.41. The molecule has 25 heavy (non-hydrogen) atoms. The van der Waals surface area contributed by atoms with Crippen molar-refractivity contribution in [2.75, 3.05) is 18.5 Å². The van der Waals surface area contributed by atoms with Gasteiger partial charge in [-0.2, -0.15) is 0 Å². The van der Waals surface area contributed by atoms with Crippen LogP contribution >= 0.6 is 0 Å².